The van der Waals surface area contributed by atoms with Crippen LogP contribution in [0.3, 0.4) is 0 Å². The van der Waals surface area contributed by atoms with Crippen molar-refractivity contribution in [1.29, 1.82) is 0 Å². The van der Waals surface area contributed by atoms with Crippen LogP contribution in [0.15, 0.2) is 48.7 Å². The predicted molar refractivity (Wildman–Crippen MR) is 80.7 cm³/mol. The van der Waals surface area contributed by atoms with Crippen molar-refractivity contribution in [2.75, 3.05) is 5.73 Å². The van der Waals surface area contributed by atoms with Crippen molar-refractivity contribution in [1.82, 2.24) is 14.8 Å². The largest absolute Gasteiger partial charge is 0.384 e. The van der Waals surface area contributed by atoms with Gasteiger partial charge in [-0.1, -0.05) is 24.3 Å². The first-order chi connectivity index (χ1) is 9.65. The second-order valence-electron chi connectivity index (χ2n) is 4.87. The number of anilines is 1. The maximum Gasteiger partial charge on any atom is 0.155 e. The van der Waals surface area contributed by atoms with Gasteiger partial charge in [-0.15, -0.1) is 0 Å². The van der Waals surface area contributed by atoms with E-state index in [1.165, 1.54) is 5.56 Å². The van der Waals surface area contributed by atoms with Gasteiger partial charge in [-0.2, -0.15) is 9.78 Å². The van der Waals surface area contributed by atoms with Crippen molar-refractivity contribution in [3.63, 3.8) is 0 Å². The highest BCUT2D eigenvalue weighted by Crippen LogP contribution is 2.25. The summed E-state index contributed by atoms with van der Waals surface area (Å²) in [5.74, 6) is 1.32. The number of hydrogen-bond donors (Lipinski definition) is 1. The molecular weight excluding hydrogens is 248 g/mol. The number of aryl methyl sites for hydroxylation is 2. The molecule has 0 spiro atoms. The van der Waals surface area contributed by atoms with Crippen LogP contribution in [0.1, 0.15) is 11.1 Å². The van der Waals surface area contributed by atoms with E-state index >= 15 is 0 Å². The number of nitrogen functional groups attached to an aromatic ring is 1. The highest BCUT2D eigenvalue weighted by atomic mass is 15.3. The fraction of sp³-hybridized carbons (Fsp3) is 0.125. The smallest absolute Gasteiger partial charge is 0.155 e. The van der Waals surface area contributed by atoms with Crippen LogP contribution >= 0.6 is 0 Å². The number of nitrogens with two attached hydrogens (primary N) is 1. The Labute approximate surface area is 117 Å². The molecule has 3 aromatic rings. The number of nitrogens with zero attached hydrogens (tertiary/aromatic N) is 3. The van der Waals surface area contributed by atoms with Gasteiger partial charge in [0.25, 0.3) is 0 Å². The van der Waals surface area contributed by atoms with Crippen LogP contribution in [-0.2, 0) is 0 Å². The molecule has 20 heavy (non-hydrogen) atoms. The molecule has 2 N–H and O–H groups in total. The summed E-state index contributed by atoms with van der Waals surface area (Å²) in [7, 11) is 0. The molecule has 100 valence electrons. The van der Waals surface area contributed by atoms with E-state index in [0.717, 1.165) is 22.6 Å². The lowest BCUT2D eigenvalue weighted by Crippen LogP contribution is -2.04. The van der Waals surface area contributed by atoms with Gasteiger partial charge in [-0.3, -0.25) is 0 Å². The molecule has 0 aliphatic heterocycles. The van der Waals surface area contributed by atoms with Gasteiger partial charge in [0.1, 0.15) is 5.82 Å². The Bertz CT molecular complexity index is 759. The van der Waals surface area contributed by atoms with Crippen LogP contribution in [-0.4, -0.2) is 14.8 Å². The summed E-state index contributed by atoms with van der Waals surface area (Å²) in [5, 5.41) is 4.58. The number of pyridine rings is 1. The van der Waals surface area contributed by atoms with Gasteiger partial charge in [0.15, 0.2) is 5.82 Å². The Morgan fingerprint density at radius 2 is 1.85 bits per heavy atom. The summed E-state index contributed by atoms with van der Waals surface area (Å²) in [5.41, 5.74) is 10.3. The van der Waals surface area contributed by atoms with Gasteiger partial charge in [0, 0.05) is 17.8 Å². The van der Waals surface area contributed by atoms with Crippen LogP contribution in [0.4, 0.5) is 5.82 Å². The molecular formula is C16H16N4. The van der Waals surface area contributed by atoms with E-state index in [9.17, 15) is 0 Å². The van der Waals surface area contributed by atoms with Crippen LogP contribution in [0.5, 0.6) is 0 Å². The Hall–Kier alpha value is -2.62. The number of aromatic nitrogens is 3. The van der Waals surface area contributed by atoms with Crippen molar-refractivity contribution in [2.45, 2.75) is 13.8 Å². The van der Waals surface area contributed by atoms with E-state index in [0.29, 0.717) is 5.82 Å². The molecule has 2 heterocycles. The zero-order valence-electron chi connectivity index (χ0n) is 11.5. The molecule has 0 saturated heterocycles. The quantitative estimate of drug-likeness (QED) is 0.773. The zero-order valence-corrected chi connectivity index (χ0v) is 11.5. The molecule has 4 nitrogen and oxygen atoms in total. The van der Waals surface area contributed by atoms with Gasteiger partial charge >= 0.3 is 0 Å². The second kappa shape index (κ2) is 4.81. The molecule has 2 aromatic heterocycles. The predicted octanol–water partition coefficient (Wildman–Crippen LogP) is 3.13. The van der Waals surface area contributed by atoms with Crippen molar-refractivity contribution < 1.29 is 0 Å². The molecule has 0 radical (unpaired) electrons. The molecule has 0 unspecified atom stereocenters. The molecule has 0 fully saturated rings. The number of rotatable bonds is 2. The van der Waals surface area contributed by atoms with Gasteiger partial charge in [-0.05, 0) is 37.1 Å². The van der Waals surface area contributed by atoms with E-state index in [-0.39, 0.29) is 0 Å². The minimum Gasteiger partial charge on any atom is -0.384 e. The molecule has 0 atom stereocenters. The SMILES string of the molecule is Cc1ccnc(-n2nc(-c3ccccc3C)cc2N)c1. The monoisotopic (exact) mass is 264 g/mol. The summed E-state index contributed by atoms with van der Waals surface area (Å²) in [6, 6.07) is 13.9. The minimum atomic E-state index is 0.585. The molecule has 0 aliphatic carbocycles. The topological polar surface area (TPSA) is 56.7 Å². The van der Waals surface area contributed by atoms with Gasteiger partial charge in [0.2, 0.25) is 0 Å². The molecule has 0 bridgehead atoms. The molecule has 4 heteroatoms. The Balaban J connectivity index is 2.10. The van der Waals surface area contributed by atoms with E-state index < -0.39 is 0 Å². The third-order valence-corrected chi connectivity index (χ3v) is 3.28. The fourth-order valence-corrected chi connectivity index (χ4v) is 2.21. The molecule has 0 saturated carbocycles. The van der Waals surface area contributed by atoms with Gasteiger partial charge < -0.3 is 5.73 Å². The summed E-state index contributed by atoms with van der Waals surface area (Å²) in [6.45, 7) is 4.09. The first-order valence-corrected chi connectivity index (χ1v) is 6.50. The highest BCUT2D eigenvalue weighted by Gasteiger charge is 2.11. The van der Waals surface area contributed by atoms with Crippen LogP contribution < -0.4 is 5.73 Å². The summed E-state index contributed by atoms with van der Waals surface area (Å²) < 4.78 is 1.68. The maximum absolute atomic E-state index is 6.07. The normalized spacial score (nSPS) is 10.7. The average molecular weight is 264 g/mol. The minimum absolute atomic E-state index is 0.585. The van der Waals surface area contributed by atoms with Gasteiger partial charge in [0.05, 0.1) is 5.69 Å². The van der Waals surface area contributed by atoms with E-state index in [1.807, 2.05) is 43.3 Å². The second-order valence-corrected chi connectivity index (χ2v) is 4.87. The third kappa shape index (κ3) is 2.16. The Morgan fingerprint density at radius 1 is 1.05 bits per heavy atom. The number of benzene rings is 1. The Morgan fingerprint density at radius 3 is 2.60 bits per heavy atom. The van der Waals surface area contributed by atoms with Gasteiger partial charge in [-0.25, -0.2) is 4.98 Å². The third-order valence-electron chi connectivity index (χ3n) is 3.28. The Kier molecular flexibility index (Phi) is 2.99. The average Bonchev–Trinajstić information content (AvgIpc) is 2.81. The molecule has 3 rings (SSSR count). The fourth-order valence-electron chi connectivity index (χ4n) is 2.21. The molecule has 0 amide bonds. The van der Waals surface area contributed by atoms with Crippen LogP contribution in [0.2, 0.25) is 0 Å². The number of hydrogen-bond acceptors (Lipinski definition) is 3. The lowest BCUT2D eigenvalue weighted by atomic mass is 10.1. The van der Waals surface area contributed by atoms with E-state index in [1.54, 1.807) is 10.9 Å². The maximum atomic E-state index is 6.07. The lowest BCUT2D eigenvalue weighted by molar-refractivity contribution is 0.858. The first kappa shape index (κ1) is 12.4. The van der Waals surface area contributed by atoms with Crippen molar-refractivity contribution in [2.24, 2.45) is 0 Å². The zero-order chi connectivity index (χ0) is 14.1. The highest BCUT2D eigenvalue weighted by molar-refractivity contribution is 5.66. The van der Waals surface area contributed by atoms with Crippen molar-refractivity contribution >= 4 is 5.82 Å². The standard InChI is InChI=1S/C16H16N4/c1-11-7-8-18-16(9-11)20-15(17)10-14(19-20)13-6-4-3-5-12(13)2/h3-10H,17H2,1-2H3. The summed E-state index contributed by atoms with van der Waals surface area (Å²) >= 11 is 0. The van der Waals surface area contributed by atoms with E-state index in [4.69, 9.17) is 5.73 Å². The van der Waals surface area contributed by atoms with E-state index in [2.05, 4.69) is 23.1 Å². The van der Waals surface area contributed by atoms with Crippen molar-refractivity contribution in [3.8, 4) is 17.1 Å². The summed E-state index contributed by atoms with van der Waals surface area (Å²) in [4.78, 5) is 4.32. The van der Waals surface area contributed by atoms with Crippen LogP contribution in [0, 0.1) is 13.8 Å². The van der Waals surface area contributed by atoms with Crippen molar-refractivity contribution in [3.05, 3.63) is 59.8 Å². The summed E-state index contributed by atoms with van der Waals surface area (Å²) in [6.07, 6.45) is 1.76. The lowest BCUT2D eigenvalue weighted by Gasteiger charge is -2.03. The first-order valence-electron chi connectivity index (χ1n) is 6.50. The van der Waals surface area contributed by atoms with Crippen LogP contribution in [0.25, 0.3) is 17.1 Å². The molecule has 0 aliphatic rings. The molecule has 1 aromatic carbocycles.